The Hall–Kier alpha value is -1.00. The van der Waals surface area contributed by atoms with Crippen LogP contribution in [0.1, 0.15) is 32.0 Å². The molecule has 3 nitrogen and oxygen atoms in total. The van der Waals surface area contributed by atoms with Gasteiger partial charge in [-0.25, -0.2) is 0 Å². The van der Waals surface area contributed by atoms with E-state index in [9.17, 15) is 4.21 Å². The zero-order valence-electron chi connectivity index (χ0n) is 11.7. The first-order valence-corrected chi connectivity index (χ1v) is 8.74. The zero-order valence-corrected chi connectivity index (χ0v) is 13.3. The molecule has 0 aliphatic heterocycles. The van der Waals surface area contributed by atoms with Gasteiger partial charge in [0.15, 0.2) is 0 Å². The zero-order chi connectivity index (χ0) is 14.4. The fourth-order valence-corrected chi connectivity index (χ4v) is 3.25. The smallest absolute Gasteiger partial charge is 0.0976 e. The number of halogens is 1. The lowest BCUT2D eigenvalue weighted by Gasteiger charge is -2.19. The summed E-state index contributed by atoms with van der Waals surface area (Å²) < 4.78 is 11.9. The van der Waals surface area contributed by atoms with Crippen molar-refractivity contribution in [2.45, 2.75) is 31.9 Å². The first kappa shape index (κ1) is 14.4. The van der Waals surface area contributed by atoms with Crippen LogP contribution in [0.25, 0.3) is 10.9 Å². The van der Waals surface area contributed by atoms with Gasteiger partial charge < -0.3 is 0 Å². The van der Waals surface area contributed by atoms with E-state index in [1.807, 2.05) is 12.1 Å². The first-order valence-electron chi connectivity index (χ1n) is 6.05. The molecular formula is C14H19ClN2OS. The topological polar surface area (TPSA) is 45.8 Å². The molecule has 0 aliphatic rings. The third-order valence-corrected chi connectivity index (χ3v) is 4.20. The quantitative estimate of drug-likeness (QED) is 0.864. The third-order valence-electron chi connectivity index (χ3n) is 2.99. The molecule has 104 valence electrons. The van der Waals surface area contributed by atoms with Crippen LogP contribution in [0.5, 0.6) is 0 Å². The number of hydrogen-bond donors (Lipinski definition) is 1. The molecule has 1 atom stereocenters. The Kier molecular flexibility index (Phi) is 3.43. The van der Waals surface area contributed by atoms with Crippen LogP contribution in [0.4, 0.5) is 0 Å². The molecule has 0 spiro atoms. The minimum Gasteiger partial charge on any atom is -0.280 e. The molecule has 1 aromatic heterocycles. The molecule has 0 aliphatic carbocycles. The van der Waals surface area contributed by atoms with Crippen molar-refractivity contribution in [2.75, 3.05) is 6.26 Å². The van der Waals surface area contributed by atoms with E-state index in [2.05, 4.69) is 36.8 Å². The highest BCUT2D eigenvalue weighted by molar-refractivity contribution is 7.98. The minimum atomic E-state index is -2.13. The molecule has 1 heterocycles. The van der Waals surface area contributed by atoms with Crippen molar-refractivity contribution in [3.05, 3.63) is 28.4 Å². The molecular weight excluding hydrogens is 280 g/mol. The van der Waals surface area contributed by atoms with Crippen molar-refractivity contribution >= 4 is 37.9 Å². The molecule has 2 aromatic rings. The predicted molar refractivity (Wildman–Crippen MR) is 84.7 cm³/mol. The number of rotatable bonds is 2. The predicted octanol–water partition coefficient (Wildman–Crippen LogP) is 3.36. The summed E-state index contributed by atoms with van der Waals surface area (Å²) in [6.07, 6.45) is 1.64. The first-order chi connectivity index (χ1) is 8.59. The number of aromatic nitrogens is 2. The van der Waals surface area contributed by atoms with Gasteiger partial charge in [0, 0.05) is 11.6 Å². The summed E-state index contributed by atoms with van der Waals surface area (Å²) in [4.78, 5) is 0. The number of nitrogens with one attached hydrogen (secondary N) is 1. The van der Waals surface area contributed by atoms with Gasteiger partial charge in [0.2, 0.25) is 0 Å². The number of H-pyrrole nitrogens is 1. The van der Waals surface area contributed by atoms with E-state index in [0.29, 0.717) is 10.8 Å². The second-order valence-corrected chi connectivity index (χ2v) is 9.16. The van der Waals surface area contributed by atoms with E-state index < -0.39 is 9.52 Å². The lowest BCUT2D eigenvalue weighted by atomic mass is 9.85. The second kappa shape index (κ2) is 4.53. The number of nitrogens with zero attached hydrogens (tertiary/aromatic N) is 1. The minimum absolute atomic E-state index is 0.0204. The van der Waals surface area contributed by atoms with Crippen molar-refractivity contribution in [1.29, 1.82) is 0 Å². The van der Waals surface area contributed by atoms with E-state index in [1.165, 1.54) is 0 Å². The van der Waals surface area contributed by atoms with Crippen LogP contribution in [-0.4, -0.2) is 26.5 Å². The Labute approximate surface area is 119 Å². The molecule has 0 amide bonds. The molecule has 0 bridgehead atoms. The Morgan fingerprint density at radius 3 is 2.58 bits per heavy atom. The average molecular weight is 299 g/mol. The molecule has 1 N–H and O–H groups in total. The maximum atomic E-state index is 11.9. The van der Waals surface area contributed by atoms with Crippen LogP contribution in [0.3, 0.4) is 0 Å². The molecule has 0 fully saturated rings. The summed E-state index contributed by atoms with van der Waals surface area (Å²) in [7, 11) is -2.13. The lowest BCUT2D eigenvalue weighted by Crippen LogP contribution is -2.11. The highest BCUT2D eigenvalue weighted by atomic mass is 35.5. The molecule has 2 rings (SSSR count). The number of hydrogen-bond acceptors (Lipinski definition) is 2. The fourth-order valence-electron chi connectivity index (χ4n) is 2.16. The van der Waals surface area contributed by atoms with Gasteiger partial charge in [-0.05, 0) is 32.4 Å². The normalized spacial score (nSPS) is 15.6. The van der Waals surface area contributed by atoms with Gasteiger partial charge >= 0.3 is 0 Å². The highest BCUT2D eigenvalue weighted by Gasteiger charge is 2.21. The largest absolute Gasteiger partial charge is 0.280 e. The van der Waals surface area contributed by atoms with Crippen LogP contribution in [-0.2, 0) is 20.7 Å². The molecule has 1 unspecified atom stereocenters. The van der Waals surface area contributed by atoms with Crippen LogP contribution in [0.2, 0.25) is 5.02 Å². The maximum absolute atomic E-state index is 11.9. The summed E-state index contributed by atoms with van der Waals surface area (Å²) in [6, 6.07) is 3.88. The van der Waals surface area contributed by atoms with Crippen LogP contribution in [0, 0.1) is 0 Å². The van der Waals surface area contributed by atoms with Gasteiger partial charge in [0.1, 0.15) is 0 Å². The van der Waals surface area contributed by atoms with Crippen LogP contribution < -0.4 is 0 Å². The Bertz CT molecular complexity index is 724. The van der Waals surface area contributed by atoms with Gasteiger partial charge in [-0.3, -0.25) is 9.31 Å². The van der Waals surface area contributed by atoms with Crippen molar-refractivity contribution in [2.24, 2.45) is 0 Å². The lowest BCUT2D eigenvalue weighted by molar-refractivity contribution is 0.594. The van der Waals surface area contributed by atoms with Crippen molar-refractivity contribution < 1.29 is 4.21 Å². The van der Waals surface area contributed by atoms with Crippen LogP contribution >= 0.6 is 11.6 Å². The molecule has 0 saturated carbocycles. The Balaban J connectivity index is 2.73. The monoisotopic (exact) mass is 298 g/mol. The summed E-state index contributed by atoms with van der Waals surface area (Å²) in [6.45, 7) is 6.40. The van der Waals surface area contributed by atoms with Crippen molar-refractivity contribution in [3.63, 3.8) is 0 Å². The number of fused-ring (bicyclic) bond motifs is 1. The molecule has 5 heteroatoms. The second-order valence-electron chi connectivity index (χ2n) is 6.10. The molecule has 19 heavy (non-hydrogen) atoms. The summed E-state index contributed by atoms with van der Waals surface area (Å²) in [5.41, 5.74) is 2.77. The highest BCUT2D eigenvalue weighted by Crippen LogP contribution is 2.34. The fraction of sp³-hybridized carbons (Fsp3) is 0.429. The molecule has 0 saturated heterocycles. The Morgan fingerprint density at radius 2 is 2.05 bits per heavy atom. The van der Waals surface area contributed by atoms with Gasteiger partial charge in [-0.15, -0.1) is 0 Å². The average Bonchev–Trinajstić information content (AvgIpc) is 2.58. The summed E-state index contributed by atoms with van der Waals surface area (Å²) >= 11 is 6.28. The van der Waals surface area contributed by atoms with E-state index in [4.69, 9.17) is 11.6 Å². The maximum Gasteiger partial charge on any atom is 0.0976 e. The van der Waals surface area contributed by atoms with Crippen LogP contribution in [0.15, 0.2) is 12.1 Å². The standard InChI is InChI=1S/C14H19ClN2OS/c1-14(2,3)9-6-7-10(15)12-11(8-19(4,5)18)16-17-13(9)12/h6-7H,4,8H2,1-3,5H3,(H,16,17). The van der Waals surface area contributed by atoms with E-state index in [-0.39, 0.29) is 5.41 Å². The van der Waals surface area contributed by atoms with Crippen molar-refractivity contribution in [1.82, 2.24) is 10.2 Å². The van der Waals surface area contributed by atoms with Gasteiger partial charge in [0.05, 0.1) is 22.0 Å². The summed E-state index contributed by atoms with van der Waals surface area (Å²) in [5, 5.41) is 8.84. The summed E-state index contributed by atoms with van der Waals surface area (Å²) in [5.74, 6) is 4.05. The van der Waals surface area contributed by atoms with E-state index in [0.717, 1.165) is 22.2 Å². The van der Waals surface area contributed by atoms with E-state index >= 15 is 0 Å². The number of benzene rings is 1. The van der Waals surface area contributed by atoms with Crippen molar-refractivity contribution in [3.8, 4) is 0 Å². The molecule has 0 radical (unpaired) electrons. The van der Waals surface area contributed by atoms with Gasteiger partial charge in [0.25, 0.3) is 0 Å². The molecule has 1 aromatic carbocycles. The third kappa shape index (κ3) is 2.95. The SMILES string of the molecule is C=S(C)(=O)Cc1[nH]nc2c(C(C)(C)C)ccc(Cl)c12. The number of aromatic amines is 1. The van der Waals surface area contributed by atoms with Gasteiger partial charge in [-0.1, -0.05) is 38.4 Å². The van der Waals surface area contributed by atoms with E-state index in [1.54, 1.807) is 6.26 Å². The van der Waals surface area contributed by atoms with Gasteiger partial charge in [-0.2, -0.15) is 5.10 Å². The Morgan fingerprint density at radius 1 is 1.42 bits per heavy atom.